The average Bonchev–Trinajstić information content (AvgIpc) is 3.05. The van der Waals surface area contributed by atoms with Crippen LogP contribution in [0, 0.1) is 0 Å². The van der Waals surface area contributed by atoms with Gasteiger partial charge in [-0.1, -0.05) is 12.8 Å². The van der Waals surface area contributed by atoms with Crippen LogP contribution in [0.3, 0.4) is 0 Å². The first-order chi connectivity index (χ1) is 9.83. The molecule has 0 atom stereocenters. The van der Waals surface area contributed by atoms with Gasteiger partial charge >= 0.3 is 5.97 Å². The van der Waals surface area contributed by atoms with E-state index in [9.17, 15) is 18.3 Å². The second-order valence-electron chi connectivity index (χ2n) is 4.99. The lowest BCUT2D eigenvalue weighted by atomic mass is 10.0. The van der Waals surface area contributed by atoms with Crippen molar-refractivity contribution in [3.05, 3.63) is 14.7 Å². The van der Waals surface area contributed by atoms with E-state index >= 15 is 0 Å². The van der Waals surface area contributed by atoms with Crippen molar-refractivity contribution in [3.63, 3.8) is 0 Å². The summed E-state index contributed by atoms with van der Waals surface area (Å²) in [5.41, 5.74) is -0.800. The molecule has 9 heteroatoms. The quantitative estimate of drug-likeness (QED) is 0.739. The van der Waals surface area contributed by atoms with Crippen molar-refractivity contribution in [2.45, 2.75) is 36.1 Å². The molecule has 0 aliphatic heterocycles. The van der Waals surface area contributed by atoms with Crippen LogP contribution in [0.1, 0.15) is 35.4 Å². The third-order valence-electron chi connectivity index (χ3n) is 3.55. The van der Waals surface area contributed by atoms with E-state index < -0.39 is 21.5 Å². The number of carbonyl (C=O) groups is 1. The Kier molecular flexibility index (Phi) is 5.09. The first-order valence-electron chi connectivity index (χ1n) is 6.36. The first-order valence-corrected chi connectivity index (χ1v) is 9.45. The van der Waals surface area contributed by atoms with Gasteiger partial charge in [-0.3, -0.25) is 0 Å². The number of esters is 1. The monoisotopic (exact) mass is 397 g/mol. The number of methoxy groups -OCH3 is 1. The minimum Gasteiger partial charge on any atom is -0.465 e. The number of hydrogen-bond acceptors (Lipinski definition) is 6. The van der Waals surface area contributed by atoms with Crippen LogP contribution in [0.5, 0.6) is 0 Å². The predicted molar refractivity (Wildman–Crippen MR) is 82.0 cm³/mol. The van der Waals surface area contributed by atoms with Gasteiger partial charge in [0.05, 0.1) is 23.0 Å². The first kappa shape index (κ1) is 16.9. The molecule has 1 heterocycles. The second kappa shape index (κ2) is 6.33. The average molecular weight is 398 g/mol. The van der Waals surface area contributed by atoms with Crippen LogP contribution in [0.4, 0.5) is 0 Å². The number of aliphatic hydroxyl groups is 1. The van der Waals surface area contributed by atoms with Crippen LogP contribution in [-0.2, 0) is 14.8 Å². The Labute approximate surface area is 135 Å². The van der Waals surface area contributed by atoms with Gasteiger partial charge < -0.3 is 9.84 Å². The molecule has 2 N–H and O–H groups in total. The maximum Gasteiger partial charge on any atom is 0.348 e. The number of hydrogen-bond donors (Lipinski definition) is 2. The van der Waals surface area contributed by atoms with Crippen molar-refractivity contribution >= 4 is 43.3 Å². The highest BCUT2D eigenvalue weighted by Crippen LogP contribution is 2.35. The van der Waals surface area contributed by atoms with E-state index in [1.165, 1.54) is 13.2 Å². The highest BCUT2D eigenvalue weighted by atomic mass is 79.9. The summed E-state index contributed by atoms with van der Waals surface area (Å²) in [6.07, 6.45) is 2.96. The number of sulfonamides is 1. The summed E-state index contributed by atoms with van der Waals surface area (Å²) in [5, 5.41) is 9.52. The molecule has 0 spiro atoms. The lowest BCUT2D eigenvalue weighted by molar-refractivity contribution is 0.0606. The molecule has 2 rings (SSSR count). The predicted octanol–water partition coefficient (Wildman–Crippen LogP) is 1.88. The molecule has 0 amide bonds. The molecule has 118 valence electrons. The Hall–Kier alpha value is -0.480. The van der Waals surface area contributed by atoms with E-state index in [4.69, 9.17) is 0 Å². The molecule has 1 aliphatic rings. The third-order valence-corrected chi connectivity index (χ3v) is 7.36. The largest absolute Gasteiger partial charge is 0.465 e. The molecule has 0 radical (unpaired) electrons. The van der Waals surface area contributed by atoms with Gasteiger partial charge in [0.2, 0.25) is 10.0 Å². The molecule has 0 unspecified atom stereocenters. The van der Waals surface area contributed by atoms with Gasteiger partial charge in [-0.25, -0.2) is 17.9 Å². The van der Waals surface area contributed by atoms with E-state index in [2.05, 4.69) is 25.4 Å². The van der Waals surface area contributed by atoms with Crippen molar-refractivity contribution in [3.8, 4) is 0 Å². The minimum atomic E-state index is -3.82. The van der Waals surface area contributed by atoms with Gasteiger partial charge in [-0.05, 0) is 34.8 Å². The Morgan fingerprint density at radius 3 is 2.67 bits per heavy atom. The van der Waals surface area contributed by atoms with Crippen LogP contribution >= 0.6 is 27.3 Å². The molecule has 1 saturated carbocycles. The number of halogens is 1. The van der Waals surface area contributed by atoms with Gasteiger partial charge in [-0.15, -0.1) is 11.3 Å². The standard InChI is InChI=1S/C12H16BrNO5S2/c1-19-11(16)8-6-9(10(13)20-8)21(17,18)14-12(7-15)4-2-3-5-12/h6,14-15H,2-5,7H2,1H3. The third kappa shape index (κ3) is 3.48. The van der Waals surface area contributed by atoms with Crippen molar-refractivity contribution in [1.82, 2.24) is 4.72 Å². The number of thiophene rings is 1. The number of ether oxygens (including phenoxy) is 1. The molecular formula is C12H16BrNO5S2. The van der Waals surface area contributed by atoms with Crippen molar-refractivity contribution in [2.24, 2.45) is 0 Å². The van der Waals surface area contributed by atoms with Gasteiger partial charge in [0, 0.05) is 0 Å². The van der Waals surface area contributed by atoms with Crippen LogP contribution in [-0.4, -0.2) is 38.7 Å². The fraction of sp³-hybridized carbons (Fsp3) is 0.583. The van der Waals surface area contributed by atoms with Gasteiger partial charge in [0.1, 0.15) is 9.77 Å². The zero-order valence-electron chi connectivity index (χ0n) is 11.4. The van der Waals surface area contributed by atoms with Crippen molar-refractivity contribution in [2.75, 3.05) is 13.7 Å². The summed E-state index contributed by atoms with van der Waals surface area (Å²) in [6, 6.07) is 1.28. The summed E-state index contributed by atoms with van der Waals surface area (Å²) >= 11 is 4.17. The van der Waals surface area contributed by atoms with E-state index in [0.29, 0.717) is 16.6 Å². The Morgan fingerprint density at radius 2 is 2.14 bits per heavy atom. The highest BCUT2D eigenvalue weighted by Gasteiger charge is 2.38. The van der Waals surface area contributed by atoms with E-state index in [-0.39, 0.29) is 16.4 Å². The molecule has 21 heavy (non-hydrogen) atoms. The topological polar surface area (TPSA) is 92.7 Å². The molecule has 6 nitrogen and oxygen atoms in total. The normalized spacial score (nSPS) is 17.9. The lowest BCUT2D eigenvalue weighted by Gasteiger charge is -2.27. The summed E-state index contributed by atoms with van der Waals surface area (Å²) in [6.45, 7) is -0.238. The Bertz CT molecular complexity index is 634. The van der Waals surface area contributed by atoms with Gasteiger partial charge in [-0.2, -0.15) is 0 Å². The maximum absolute atomic E-state index is 12.5. The molecule has 0 bridgehead atoms. The second-order valence-corrected chi connectivity index (χ2v) is 9.01. The SMILES string of the molecule is COC(=O)c1cc(S(=O)(=O)NC2(CO)CCCC2)c(Br)s1. The van der Waals surface area contributed by atoms with E-state index in [0.717, 1.165) is 24.2 Å². The lowest BCUT2D eigenvalue weighted by Crippen LogP contribution is -2.49. The Balaban J connectivity index is 2.31. The summed E-state index contributed by atoms with van der Waals surface area (Å²) in [5.74, 6) is -0.583. The maximum atomic E-state index is 12.5. The fourth-order valence-electron chi connectivity index (χ4n) is 2.42. The summed E-state index contributed by atoms with van der Waals surface area (Å²) < 4.78 is 32.5. The van der Waals surface area contributed by atoms with E-state index in [1.807, 2.05) is 0 Å². The molecule has 1 fully saturated rings. The van der Waals surface area contributed by atoms with Crippen LogP contribution in [0.25, 0.3) is 0 Å². The fourth-order valence-corrected chi connectivity index (χ4v) is 6.36. The molecule has 0 aromatic carbocycles. The number of nitrogens with one attached hydrogen (secondary N) is 1. The van der Waals surface area contributed by atoms with Crippen molar-refractivity contribution < 1.29 is 23.1 Å². The van der Waals surface area contributed by atoms with E-state index in [1.54, 1.807) is 0 Å². The number of aliphatic hydroxyl groups excluding tert-OH is 1. The molecule has 1 aromatic rings. The number of rotatable bonds is 5. The van der Waals surface area contributed by atoms with Gasteiger partial charge in [0.15, 0.2) is 0 Å². The zero-order valence-corrected chi connectivity index (χ0v) is 14.6. The summed E-state index contributed by atoms with van der Waals surface area (Å²) in [7, 11) is -2.58. The zero-order chi connectivity index (χ0) is 15.7. The molecule has 1 aliphatic carbocycles. The van der Waals surface area contributed by atoms with Crippen LogP contribution < -0.4 is 4.72 Å². The number of carbonyl (C=O) groups excluding carboxylic acids is 1. The summed E-state index contributed by atoms with van der Waals surface area (Å²) in [4.78, 5) is 11.7. The van der Waals surface area contributed by atoms with Crippen LogP contribution in [0.2, 0.25) is 0 Å². The molecular weight excluding hydrogens is 382 g/mol. The molecule has 1 aromatic heterocycles. The van der Waals surface area contributed by atoms with Crippen molar-refractivity contribution in [1.29, 1.82) is 0 Å². The smallest absolute Gasteiger partial charge is 0.348 e. The molecule has 0 saturated heterocycles. The minimum absolute atomic E-state index is 0.00683. The highest BCUT2D eigenvalue weighted by molar-refractivity contribution is 9.11. The Morgan fingerprint density at radius 1 is 1.52 bits per heavy atom. The van der Waals surface area contributed by atoms with Crippen LogP contribution in [0.15, 0.2) is 14.7 Å². The van der Waals surface area contributed by atoms with Gasteiger partial charge in [0.25, 0.3) is 0 Å².